The summed E-state index contributed by atoms with van der Waals surface area (Å²) in [5.74, 6) is -0.268. The lowest BCUT2D eigenvalue weighted by Crippen LogP contribution is -2.16. The highest BCUT2D eigenvalue weighted by atomic mass is 16.4. The summed E-state index contributed by atoms with van der Waals surface area (Å²) in [5, 5.41) is 14.4. The average Bonchev–Trinajstić information content (AvgIpc) is 2.46. The largest absolute Gasteiger partial charge is 0.409 e. The average molecular weight is 284 g/mol. The van der Waals surface area contributed by atoms with E-state index in [-0.39, 0.29) is 11.7 Å². The van der Waals surface area contributed by atoms with E-state index >= 15 is 0 Å². The van der Waals surface area contributed by atoms with Crippen LogP contribution in [0.1, 0.15) is 27.3 Å². The maximum absolute atomic E-state index is 12.2. The summed E-state index contributed by atoms with van der Waals surface area (Å²) in [6.45, 7) is 3.66. The number of rotatable bonds is 3. The number of aryl methyl sites for hydroxylation is 2. The summed E-state index contributed by atoms with van der Waals surface area (Å²) in [6, 6.07) is 10.3. The van der Waals surface area contributed by atoms with Gasteiger partial charge in [-0.1, -0.05) is 17.3 Å². The lowest BCUT2D eigenvalue weighted by molar-refractivity contribution is 0.102. The van der Waals surface area contributed by atoms with Crippen LogP contribution < -0.4 is 11.1 Å². The van der Waals surface area contributed by atoms with E-state index in [2.05, 4.69) is 15.5 Å². The topological polar surface area (TPSA) is 101 Å². The number of pyridine rings is 1. The quantitative estimate of drug-likeness (QED) is 0.347. The first-order valence-corrected chi connectivity index (χ1v) is 6.35. The highest BCUT2D eigenvalue weighted by Crippen LogP contribution is 2.14. The Bertz CT molecular complexity index is 711. The Morgan fingerprint density at radius 3 is 2.71 bits per heavy atom. The SMILES string of the molecule is Cc1ccc(C(=O)Nc2cccc(C(N)=NO)c2)c(C)n1. The van der Waals surface area contributed by atoms with Crippen LogP contribution >= 0.6 is 0 Å². The normalized spacial score (nSPS) is 11.2. The number of oxime groups is 1. The van der Waals surface area contributed by atoms with Crippen molar-refractivity contribution in [1.29, 1.82) is 0 Å². The Kier molecular flexibility index (Phi) is 4.18. The molecule has 1 heterocycles. The van der Waals surface area contributed by atoms with Gasteiger partial charge in [-0.05, 0) is 38.1 Å². The van der Waals surface area contributed by atoms with E-state index in [0.717, 1.165) is 5.69 Å². The fourth-order valence-corrected chi connectivity index (χ4v) is 1.94. The molecule has 0 unspecified atom stereocenters. The van der Waals surface area contributed by atoms with Crippen LogP contribution in [0.2, 0.25) is 0 Å². The maximum Gasteiger partial charge on any atom is 0.257 e. The summed E-state index contributed by atoms with van der Waals surface area (Å²) >= 11 is 0. The van der Waals surface area contributed by atoms with Crippen LogP contribution in [-0.4, -0.2) is 21.9 Å². The van der Waals surface area contributed by atoms with Crippen molar-refractivity contribution in [2.24, 2.45) is 10.9 Å². The number of carbonyl (C=O) groups excluding carboxylic acids is 1. The number of nitrogens with zero attached hydrogens (tertiary/aromatic N) is 2. The number of nitrogens with one attached hydrogen (secondary N) is 1. The van der Waals surface area contributed by atoms with E-state index in [4.69, 9.17) is 10.9 Å². The molecule has 1 aromatic heterocycles. The second-order valence-electron chi connectivity index (χ2n) is 4.61. The number of aromatic nitrogens is 1. The first kappa shape index (κ1) is 14.5. The third-order valence-electron chi connectivity index (χ3n) is 2.99. The number of hydrogen-bond donors (Lipinski definition) is 3. The van der Waals surface area contributed by atoms with Gasteiger partial charge in [0.2, 0.25) is 0 Å². The highest BCUT2D eigenvalue weighted by molar-refractivity contribution is 6.06. The predicted molar refractivity (Wildman–Crippen MR) is 80.6 cm³/mol. The Balaban J connectivity index is 2.23. The molecule has 2 aromatic rings. The molecule has 0 spiro atoms. The molecule has 6 nitrogen and oxygen atoms in total. The standard InChI is InChI=1S/C15H16N4O2/c1-9-6-7-13(10(2)17-9)15(20)18-12-5-3-4-11(8-12)14(16)19-21/h3-8,21H,1-2H3,(H2,16,19)(H,18,20). The molecule has 1 amide bonds. The van der Waals surface area contributed by atoms with Crippen LogP contribution in [0.15, 0.2) is 41.6 Å². The molecule has 2 rings (SSSR count). The van der Waals surface area contributed by atoms with E-state index in [0.29, 0.717) is 22.5 Å². The Morgan fingerprint density at radius 2 is 2.05 bits per heavy atom. The minimum Gasteiger partial charge on any atom is -0.409 e. The molecule has 4 N–H and O–H groups in total. The van der Waals surface area contributed by atoms with E-state index in [1.54, 1.807) is 43.3 Å². The number of hydrogen-bond acceptors (Lipinski definition) is 4. The summed E-state index contributed by atoms with van der Waals surface area (Å²) < 4.78 is 0. The van der Waals surface area contributed by atoms with E-state index < -0.39 is 0 Å². The third kappa shape index (κ3) is 3.36. The molecule has 1 aromatic carbocycles. The van der Waals surface area contributed by atoms with E-state index in [1.165, 1.54) is 0 Å². The van der Waals surface area contributed by atoms with Gasteiger partial charge < -0.3 is 16.3 Å². The third-order valence-corrected chi connectivity index (χ3v) is 2.99. The van der Waals surface area contributed by atoms with Gasteiger partial charge in [0.1, 0.15) is 0 Å². The Hall–Kier alpha value is -2.89. The fraction of sp³-hybridized carbons (Fsp3) is 0.133. The van der Waals surface area contributed by atoms with Crippen molar-refractivity contribution in [3.05, 3.63) is 58.9 Å². The molecule has 0 saturated carbocycles. The zero-order chi connectivity index (χ0) is 15.4. The van der Waals surface area contributed by atoms with Crippen molar-refractivity contribution in [1.82, 2.24) is 4.98 Å². The molecular formula is C15H16N4O2. The van der Waals surface area contributed by atoms with Crippen LogP contribution in [-0.2, 0) is 0 Å². The number of nitrogens with two attached hydrogens (primary N) is 1. The summed E-state index contributed by atoms with van der Waals surface area (Å²) in [5.41, 5.74) is 8.64. The molecule has 0 atom stereocenters. The van der Waals surface area contributed by atoms with E-state index in [9.17, 15) is 4.79 Å². The molecule has 0 aliphatic rings. The first-order valence-electron chi connectivity index (χ1n) is 6.35. The van der Waals surface area contributed by atoms with Gasteiger partial charge in [0.25, 0.3) is 5.91 Å². The summed E-state index contributed by atoms with van der Waals surface area (Å²) in [4.78, 5) is 16.5. The van der Waals surface area contributed by atoms with Gasteiger partial charge in [0, 0.05) is 16.9 Å². The minimum absolute atomic E-state index is 0.0146. The van der Waals surface area contributed by atoms with Crippen molar-refractivity contribution in [2.75, 3.05) is 5.32 Å². The summed E-state index contributed by atoms with van der Waals surface area (Å²) in [6.07, 6.45) is 0. The Labute approximate surface area is 122 Å². The first-order chi connectivity index (χ1) is 10.0. The van der Waals surface area contributed by atoms with Crippen LogP contribution in [0.5, 0.6) is 0 Å². The van der Waals surface area contributed by atoms with Crippen LogP contribution in [0.25, 0.3) is 0 Å². The minimum atomic E-state index is -0.253. The fourth-order valence-electron chi connectivity index (χ4n) is 1.94. The zero-order valence-corrected chi connectivity index (χ0v) is 11.8. The van der Waals surface area contributed by atoms with Crippen molar-refractivity contribution in [2.45, 2.75) is 13.8 Å². The summed E-state index contributed by atoms with van der Waals surface area (Å²) in [7, 11) is 0. The van der Waals surface area contributed by atoms with Crippen molar-refractivity contribution < 1.29 is 10.0 Å². The van der Waals surface area contributed by atoms with Crippen LogP contribution in [0.3, 0.4) is 0 Å². The molecule has 6 heteroatoms. The lowest BCUT2D eigenvalue weighted by Gasteiger charge is -2.09. The van der Waals surface area contributed by atoms with Crippen molar-refractivity contribution >= 4 is 17.4 Å². The molecule has 0 aliphatic heterocycles. The maximum atomic E-state index is 12.2. The number of carbonyl (C=O) groups is 1. The van der Waals surface area contributed by atoms with Gasteiger partial charge in [-0.25, -0.2) is 0 Å². The van der Waals surface area contributed by atoms with E-state index in [1.807, 2.05) is 6.92 Å². The van der Waals surface area contributed by atoms with Crippen molar-refractivity contribution in [3.63, 3.8) is 0 Å². The van der Waals surface area contributed by atoms with Gasteiger partial charge in [-0.2, -0.15) is 0 Å². The highest BCUT2D eigenvalue weighted by Gasteiger charge is 2.11. The number of benzene rings is 1. The van der Waals surface area contributed by atoms with Gasteiger partial charge in [-0.15, -0.1) is 0 Å². The Morgan fingerprint density at radius 1 is 1.29 bits per heavy atom. The number of amidine groups is 1. The van der Waals surface area contributed by atoms with Gasteiger partial charge >= 0.3 is 0 Å². The lowest BCUT2D eigenvalue weighted by atomic mass is 10.1. The molecule has 0 radical (unpaired) electrons. The van der Waals surface area contributed by atoms with Crippen molar-refractivity contribution in [3.8, 4) is 0 Å². The molecule has 21 heavy (non-hydrogen) atoms. The van der Waals surface area contributed by atoms with Gasteiger partial charge in [0.05, 0.1) is 11.3 Å². The smallest absolute Gasteiger partial charge is 0.257 e. The second kappa shape index (κ2) is 6.04. The monoisotopic (exact) mass is 284 g/mol. The molecule has 0 aliphatic carbocycles. The van der Waals surface area contributed by atoms with Gasteiger partial charge in [-0.3, -0.25) is 9.78 Å². The molecule has 108 valence electrons. The number of amides is 1. The number of anilines is 1. The zero-order valence-electron chi connectivity index (χ0n) is 11.8. The van der Waals surface area contributed by atoms with Gasteiger partial charge in [0.15, 0.2) is 5.84 Å². The molecular weight excluding hydrogens is 268 g/mol. The van der Waals surface area contributed by atoms with Crippen LogP contribution in [0.4, 0.5) is 5.69 Å². The predicted octanol–water partition coefficient (Wildman–Crippen LogP) is 2.05. The van der Waals surface area contributed by atoms with Crippen LogP contribution in [0, 0.1) is 13.8 Å². The molecule has 0 saturated heterocycles. The molecule has 0 bridgehead atoms. The second-order valence-corrected chi connectivity index (χ2v) is 4.61. The molecule has 0 fully saturated rings.